The van der Waals surface area contributed by atoms with Crippen LogP contribution in [0.15, 0.2) is 96.5 Å². The number of halogens is 1. The Morgan fingerprint density at radius 1 is 0.882 bits per heavy atom. The average molecular weight is 474 g/mol. The Kier molecular flexibility index (Phi) is 7.37. The molecular formula is C26H24ClN5O2. The Balaban J connectivity index is 0.00000274. The predicted octanol–water partition coefficient (Wildman–Crippen LogP) is 5.23. The maximum Gasteiger partial charge on any atom is 0.232 e. The molecule has 0 amide bonds. The van der Waals surface area contributed by atoms with Crippen LogP contribution in [0.25, 0.3) is 33.6 Å². The summed E-state index contributed by atoms with van der Waals surface area (Å²) in [5.41, 5.74) is 12.4. The number of furan rings is 1. The van der Waals surface area contributed by atoms with E-state index in [-0.39, 0.29) is 12.4 Å². The first-order valence-electron chi connectivity index (χ1n) is 10.7. The van der Waals surface area contributed by atoms with Crippen molar-refractivity contribution < 1.29 is 9.15 Å². The van der Waals surface area contributed by atoms with Crippen LogP contribution in [0, 0.1) is 0 Å². The van der Waals surface area contributed by atoms with Crippen LogP contribution < -0.4 is 10.5 Å². The summed E-state index contributed by atoms with van der Waals surface area (Å²) in [6.07, 6.45) is 10.5. The van der Waals surface area contributed by atoms with Gasteiger partial charge < -0.3 is 19.5 Å². The normalized spacial score (nSPS) is 10.6. The number of nitrogens with two attached hydrogens (primary N) is 1. The number of aromatic nitrogens is 4. The van der Waals surface area contributed by atoms with Crippen LogP contribution >= 0.6 is 12.4 Å². The molecule has 0 atom stereocenters. The lowest BCUT2D eigenvalue weighted by atomic mass is 10.0. The molecule has 0 spiro atoms. The Bertz CT molecular complexity index is 1300. The van der Waals surface area contributed by atoms with Gasteiger partial charge in [-0.15, -0.1) is 12.4 Å². The van der Waals surface area contributed by atoms with Crippen LogP contribution in [0.5, 0.6) is 5.88 Å². The van der Waals surface area contributed by atoms with Gasteiger partial charge in [-0.3, -0.25) is 0 Å². The lowest BCUT2D eigenvalue weighted by Crippen LogP contribution is -2.08. The predicted molar refractivity (Wildman–Crippen MR) is 133 cm³/mol. The van der Waals surface area contributed by atoms with Gasteiger partial charge in [0.1, 0.15) is 12.3 Å². The molecule has 5 rings (SSSR count). The van der Waals surface area contributed by atoms with E-state index in [0.717, 1.165) is 39.2 Å². The fraction of sp³-hybridized carbons (Fsp3) is 0.115. The van der Waals surface area contributed by atoms with Crippen molar-refractivity contribution >= 4 is 12.4 Å². The van der Waals surface area contributed by atoms with Crippen LogP contribution in [0.2, 0.25) is 0 Å². The van der Waals surface area contributed by atoms with E-state index in [4.69, 9.17) is 24.9 Å². The highest BCUT2D eigenvalue weighted by molar-refractivity contribution is 5.85. The van der Waals surface area contributed by atoms with Gasteiger partial charge in [0.2, 0.25) is 5.88 Å². The smallest absolute Gasteiger partial charge is 0.232 e. The Labute approximate surface area is 203 Å². The van der Waals surface area contributed by atoms with Gasteiger partial charge in [0.05, 0.1) is 37.3 Å². The summed E-state index contributed by atoms with van der Waals surface area (Å²) in [6.45, 7) is 1.64. The molecule has 0 saturated carbocycles. The van der Waals surface area contributed by atoms with Gasteiger partial charge in [-0.25, -0.2) is 15.0 Å². The van der Waals surface area contributed by atoms with E-state index < -0.39 is 0 Å². The summed E-state index contributed by atoms with van der Waals surface area (Å²) in [5.74, 6) is 0.478. The van der Waals surface area contributed by atoms with Crippen LogP contribution in [-0.4, -0.2) is 26.1 Å². The van der Waals surface area contributed by atoms with E-state index in [2.05, 4.69) is 17.1 Å². The number of nitrogens with zero attached hydrogens (tertiary/aromatic N) is 4. The molecule has 7 nitrogen and oxygen atoms in total. The first-order chi connectivity index (χ1) is 16.3. The second kappa shape index (κ2) is 10.8. The molecule has 3 heterocycles. The molecular weight excluding hydrogens is 450 g/mol. The zero-order chi connectivity index (χ0) is 22.5. The molecule has 34 heavy (non-hydrogen) atoms. The van der Waals surface area contributed by atoms with Gasteiger partial charge >= 0.3 is 0 Å². The van der Waals surface area contributed by atoms with Crippen molar-refractivity contribution in [1.29, 1.82) is 0 Å². The minimum Gasteiger partial charge on any atom is -0.475 e. The summed E-state index contributed by atoms with van der Waals surface area (Å²) in [4.78, 5) is 13.6. The number of imidazole rings is 1. The topological polar surface area (TPSA) is 92.0 Å². The number of benzene rings is 2. The molecule has 0 radical (unpaired) electrons. The van der Waals surface area contributed by atoms with E-state index in [1.54, 1.807) is 31.2 Å². The minimum absolute atomic E-state index is 0. The van der Waals surface area contributed by atoms with Gasteiger partial charge in [0.25, 0.3) is 0 Å². The van der Waals surface area contributed by atoms with Gasteiger partial charge in [-0.2, -0.15) is 0 Å². The molecule has 172 valence electrons. The van der Waals surface area contributed by atoms with Crippen molar-refractivity contribution in [3.05, 3.63) is 97.6 Å². The van der Waals surface area contributed by atoms with E-state index in [0.29, 0.717) is 25.6 Å². The fourth-order valence-corrected chi connectivity index (χ4v) is 3.58. The lowest BCUT2D eigenvalue weighted by Gasteiger charge is -2.12. The van der Waals surface area contributed by atoms with Crippen LogP contribution in [0.3, 0.4) is 0 Å². The largest absolute Gasteiger partial charge is 0.475 e. The summed E-state index contributed by atoms with van der Waals surface area (Å²) < 4.78 is 13.1. The molecule has 0 unspecified atom stereocenters. The SMILES string of the molecule is Cl.NCc1ccc(-c2ncc(OCCn3ccnc3)nc2-c2ccc(-c3ccoc3)cc2)cc1. The first-order valence-corrected chi connectivity index (χ1v) is 10.7. The molecule has 0 saturated heterocycles. The fourth-order valence-electron chi connectivity index (χ4n) is 3.58. The van der Waals surface area contributed by atoms with Crippen molar-refractivity contribution in [3.63, 3.8) is 0 Å². The maximum atomic E-state index is 5.90. The van der Waals surface area contributed by atoms with Crippen LogP contribution in [0.1, 0.15) is 5.56 Å². The van der Waals surface area contributed by atoms with Crippen LogP contribution in [0.4, 0.5) is 0 Å². The van der Waals surface area contributed by atoms with Gasteiger partial charge in [-0.1, -0.05) is 48.5 Å². The van der Waals surface area contributed by atoms with Crippen LogP contribution in [-0.2, 0) is 13.1 Å². The number of hydrogen-bond donors (Lipinski definition) is 1. The molecule has 5 aromatic rings. The zero-order valence-electron chi connectivity index (χ0n) is 18.4. The van der Waals surface area contributed by atoms with Gasteiger partial charge in [-0.05, 0) is 17.2 Å². The number of hydrogen-bond acceptors (Lipinski definition) is 6. The van der Waals surface area contributed by atoms with E-state index in [1.807, 2.05) is 53.2 Å². The molecule has 8 heteroatoms. The third kappa shape index (κ3) is 5.17. The highest BCUT2D eigenvalue weighted by atomic mass is 35.5. The van der Waals surface area contributed by atoms with Gasteiger partial charge in [0.15, 0.2) is 0 Å². The average Bonchev–Trinajstić information content (AvgIpc) is 3.59. The molecule has 3 aromatic heterocycles. The van der Waals surface area contributed by atoms with Crippen molar-refractivity contribution in [2.24, 2.45) is 5.73 Å². The summed E-state index contributed by atoms with van der Waals surface area (Å²) in [6, 6.07) is 18.2. The Hall–Kier alpha value is -3.94. The minimum atomic E-state index is 0. The van der Waals surface area contributed by atoms with E-state index in [9.17, 15) is 0 Å². The van der Waals surface area contributed by atoms with E-state index in [1.165, 1.54) is 0 Å². The number of rotatable bonds is 8. The summed E-state index contributed by atoms with van der Waals surface area (Å²) >= 11 is 0. The monoisotopic (exact) mass is 473 g/mol. The van der Waals surface area contributed by atoms with E-state index >= 15 is 0 Å². The van der Waals surface area contributed by atoms with Crippen molar-refractivity contribution in [2.75, 3.05) is 6.61 Å². The maximum absolute atomic E-state index is 5.90. The molecule has 2 aromatic carbocycles. The number of ether oxygens (including phenoxy) is 1. The third-order valence-electron chi connectivity index (χ3n) is 5.38. The molecule has 0 bridgehead atoms. The lowest BCUT2D eigenvalue weighted by molar-refractivity contribution is 0.286. The second-order valence-corrected chi connectivity index (χ2v) is 7.54. The van der Waals surface area contributed by atoms with Crippen molar-refractivity contribution in [3.8, 4) is 39.5 Å². The first kappa shape index (κ1) is 23.2. The van der Waals surface area contributed by atoms with Crippen molar-refractivity contribution in [2.45, 2.75) is 13.1 Å². The highest BCUT2D eigenvalue weighted by Gasteiger charge is 2.14. The molecule has 0 aliphatic heterocycles. The molecule has 0 fully saturated rings. The van der Waals surface area contributed by atoms with Crippen molar-refractivity contribution in [1.82, 2.24) is 19.5 Å². The quantitative estimate of drug-likeness (QED) is 0.332. The zero-order valence-corrected chi connectivity index (χ0v) is 19.2. The Morgan fingerprint density at radius 2 is 1.62 bits per heavy atom. The third-order valence-corrected chi connectivity index (χ3v) is 5.38. The van der Waals surface area contributed by atoms with Gasteiger partial charge in [0, 0.05) is 35.6 Å². The molecule has 2 N–H and O–H groups in total. The second-order valence-electron chi connectivity index (χ2n) is 7.54. The summed E-state index contributed by atoms with van der Waals surface area (Å²) in [5, 5.41) is 0. The standard InChI is InChI=1S/C26H23N5O2.ClH/c27-15-19-1-3-21(4-2-19)25-26(22-7-5-20(6-8-22)23-9-13-32-17-23)30-24(16-29-25)33-14-12-31-11-10-28-18-31;/h1-11,13,16-18H,12,14-15,27H2;1H. The highest BCUT2D eigenvalue weighted by Crippen LogP contribution is 2.32. The molecule has 0 aliphatic rings. The summed E-state index contributed by atoms with van der Waals surface area (Å²) in [7, 11) is 0. The Morgan fingerprint density at radius 3 is 2.29 bits per heavy atom. The molecule has 0 aliphatic carbocycles.